The van der Waals surface area contributed by atoms with Crippen LogP contribution in [-0.2, 0) is 4.79 Å². The first-order chi connectivity index (χ1) is 11.6. The topological polar surface area (TPSA) is 71.5 Å². The third-order valence-corrected chi connectivity index (χ3v) is 4.75. The van der Waals surface area contributed by atoms with Crippen LogP contribution >= 0.6 is 11.3 Å². The summed E-state index contributed by atoms with van der Waals surface area (Å²) in [6.45, 7) is 1.92. The van der Waals surface area contributed by atoms with E-state index >= 15 is 0 Å². The lowest BCUT2D eigenvalue weighted by molar-refractivity contribution is -0.117. The zero-order valence-electron chi connectivity index (χ0n) is 13.4. The van der Waals surface area contributed by atoms with E-state index < -0.39 is 6.10 Å². The quantitative estimate of drug-likeness (QED) is 0.818. The predicted molar refractivity (Wildman–Crippen MR) is 93.9 cm³/mol. The highest BCUT2D eigenvalue weighted by atomic mass is 32.1. The van der Waals surface area contributed by atoms with Crippen molar-refractivity contribution in [3.63, 3.8) is 0 Å². The van der Waals surface area contributed by atoms with Crippen molar-refractivity contribution >= 4 is 23.3 Å². The van der Waals surface area contributed by atoms with Crippen LogP contribution in [0.25, 0.3) is 6.08 Å². The van der Waals surface area contributed by atoms with Gasteiger partial charge in [-0.25, -0.2) is 4.98 Å². The predicted octanol–water partition coefficient (Wildman–Crippen LogP) is 2.55. The summed E-state index contributed by atoms with van der Waals surface area (Å²) >= 11 is 1.54. The van der Waals surface area contributed by atoms with E-state index in [-0.39, 0.29) is 18.1 Å². The number of hydrogen-bond acceptors (Lipinski definition) is 5. The summed E-state index contributed by atoms with van der Waals surface area (Å²) in [7, 11) is 0. The Labute approximate surface area is 145 Å². The van der Waals surface area contributed by atoms with Crippen molar-refractivity contribution in [2.45, 2.75) is 38.0 Å². The highest BCUT2D eigenvalue weighted by Crippen LogP contribution is 2.25. The molecule has 0 bridgehead atoms. The third kappa shape index (κ3) is 4.21. The van der Waals surface area contributed by atoms with E-state index in [1.807, 2.05) is 42.6 Å². The Balaban J connectivity index is 1.52. The van der Waals surface area contributed by atoms with Gasteiger partial charge >= 0.3 is 0 Å². The highest BCUT2D eigenvalue weighted by Gasteiger charge is 2.36. The normalized spacial score (nSPS) is 23.5. The molecule has 5 nitrogen and oxygen atoms in total. The monoisotopic (exact) mass is 344 g/mol. The van der Waals surface area contributed by atoms with Crippen LogP contribution in [0.5, 0.6) is 5.75 Å². The fourth-order valence-electron chi connectivity index (χ4n) is 2.75. The summed E-state index contributed by atoms with van der Waals surface area (Å²) in [4.78, 5) is 16.3. The average Bonchev–Trinajstić information content (AvgIpc) is 3.14. The number of ether oxygens (including phenoxy) is 1. The number of nitrogens with one attached hydrogen (secondary N) is 1. The van der Waals surface area contributed by atoms with Crippen molar-refractivity contribution in [2.24, 2.45) is 0 Å². The third-order valence-electron chi connectivity index (χ3n) is 3.96. The van der Waals surface area contributed by atoms with Crippen LogP contribution in [0.1, 0.15) is 23.5 Å². The molecule has 2 N–H and O–H groups in total. The van der Waals surface area contributed by atoms with Crippen LogP contribution in [0.4, 0.5) is 0 Å². The Morgan fingerprint density at radius 1 is 1.38 bits per heavy atom. The minimum absolute atomic E-state index is 0.231. The Morgan fingerprint density at radius 2 is 2.17 bits per heavy atom. The van der Waals surface area contributed by atoms with Gasteiger partial charge in [-0.3, -0.25) is 4.79 Å². The summed E-state index contributed by atoms with van der Waals surface area (Å²) in [6, 6.07) is 9.11. The van der Waals surface area contributed by atoms with E-state index in [2.05, 4.69) is 10.3 Å². The summed E-state index contributed by atoms with van der Waals surface area (Å²) in [5, 5.41) is 16.1. The number of aliphatic hydroxyl groups is 1. The molecule has 0 radical (unpaired) electrons. The second-order valence-corrected chi connectivity index (χ2v) is 6.84. The van der Waals surface area contributed by atoms with E-state index in [9.17, 15) is 9.90 Å². The molecule has 126 valence electrons. The number of thiazole rings is 1. The molecule has 1 aromatic heterocycles. The molecular weight excluding hydrogens is 324 g/mol. The van der Waals surface area contributed by atoms with Crippen molar-refractivity contribution < 1.29 is 14.6 Å². The Bertz CT molecular complexity index is 714. The molecule has 1 heterocycles. The molecule has 0 unspecified atom stereocenters. The van der Waals surface area contributed by atoms with Crippen molar-refractivity contribution in [3.05, 3.63) is 52.5 Å². The van der Waals surface area contributed by atoms with Crippen LogP contribution in [-0.4, -0.2) is 34.2 Å². The number of para-hydroxylation sites is 1. The van der Waals surface area contributed by atoms with Crippen LogP contribution in [0.15, 0.2) is 41.8 Å². The molecule has 2 aromatic rings. The molecule has 1 amide bonds. The van der Waals surface area contributed by atoms with Gasteiger partial charge in [0, 0.05) is 11.5 Å². The number of aryl methyl sites for hydroxylation is 1. The second kappa shape index (κ2) is 7.59. The zero-order chi connectivity index (χ0) is 16.9. The van der Waals surface area contributed by atoms with Gasteiger partial charge in [0.15, 0.2) is 0 Å². The maximum absolute atomic E-state index is 12.0. The standard InChI is InChI=1S/C18H20N2O3S/c1-12-19-13(11-24-12)7-10-17(21)20-15-8-9-16(18(15)22)23-14-5-3-2-4-6-14/h2-7,10-11,15-16,18,22H,8-9H2,1H3,(H,20,21)/b10-7+/t15-,16-,18-/m1/s1. The molecule has 3 rings (SSSR count). The van der Waals surface area contributed by atoms with E-state index in [4.69, 9.17) is 4.74 Å². The van der Waals surface area contributed by atoms with Gasteiger partial charge in [-0.2, -0.15) is 0 Å². The largest absolute Gasteiger partial charge is 0.488 e. The van der Waals surface area contributed by atoms with Crippen molar-refractivity contribution in [2.75, 3.05) is 0 Å². The summed E-state index contributed by atoms with van der Waals surface area (Å²) in [5.41, 5.74) is 0.768. The van der Waals surface area contributed by atoms with Gasteiger partial charge in [0.2, 0.25) is 5.91 Å². The summed E-state index contributed by atoms with van der Waals surface area (Å²) in [5.74, 6) is 0.498. The maximum atomic E-state index is 12.0. The lowest BCUT2D eigenvalue weighted by Gasteiger charge is -2.21. The first kappa shape index (κ1) is 16.7. The fraction of sp³-hybridized carbons (Fsp3) is 0.333. The van der Waals surface area contributed by atoms with Gasteiger partial charge in [-0.15, -0.1) is 11.3 Å². The molecule has 0 saturated heterocycles. The first-order valence-electron chi connectivity index (χ1n) is 7.92. The van der Waals surface area contributed by atoms with E-state index in [1.54, 1.807) is 6.08 Å². The number of hydrogen-bond donors (Lipinski definition) is 2. The summed E-state index contributed by atoms with van der Waals surface area (Å²) in [6.07, 6.45) is 3.50. The van der Waals surface area contributed by atoms with Crippen LogP contribution in [0.3, 0.4) is 0 Å². The van der Waals surface area contributed by atoms with E-state index in [1.165, 1.54) is 17.4 Å². The molecule has 1 fully saturated rings. The smallest absolute Gasteiger partial charge is 0.244 e. The molecule has 6 heteroatoms. The molecule has 1 aliphatic carbocycles. The molecule has 1 aliphatic rings. The molecule has 0 aliphatic heterocycles. The summed E-state index contributed by atoms with van der Waals surface area (Å²) < 4.78 is 5.80. The van der Waals surface area contributed by atoms with Crippen LogP contribution in [0, 0.1) is 6.92 Å². The SMILES string of the molecule is Cc1nc(/C=C/C(=O)N[C@@H]2CC[C@@H](Oc3ccccc3)[C@@H]2O)cs1. The van der Waals surface area contributed by atoms with E-state index in [0.29, 0.717) is 12.8 Å². The Hall–Kier alpha value is -2.18. The van der Waals surface area contributed by atoms with Gasteiger partial charge in [0.05, 0.1) is 16.7 Å². The minimum atomic E-state index is -0.718. The lowest BCUT2D eigenvalue weighted by Crippen LogP contribution is -2.43. The van der Waals surface area contributed by atoms with Crippen molar-refractivity contribution in [1.82, 2.24) is 10.3 Å². The van der Waals surface area contributed by atoms with Crippen LogP contribution in [0.2, 0.25) is 0 Å². The van der Waals surface area contributed by atoms with Crippen molar-refractivity contribution in [1.29, 1.82) is 0 Å². The molecule has 1 aromatic carbocycles. The molecular formula is C18H20N2O3S. The molecule has 3 atom stereocenters. The van der Waals surface area contributed by atoms with Gasteiger partial charge in [-0.05, 0) is 38.0 Å². The number of amides is 1. The fourth-order valence-corrected chi connectivity index (χ4v) is 3.33. The highest BCUT2D eigenvalue weighted by molar-refractivity contribution is 7.09. The number of aliphatic hydroxyl groups excluding tert-OH is 1. The second-order valence-electron chi connectivity index (χ2n) is 5.78. The number of rotatable bonds is 5. The number of benzene rings is 1. The van der Waals surface area contributed by atoms with Gasteiger partial charge in [0.25, 0.3) is 0 Å². The maximum Gasteiger partial charge on any atom is 0.244 e. The molecule has 24 heavy (non-hydrogen) atoms. The average molecular weight is 344 g/mol. The zero-order valence-corrected chi connectivity index (χ0v) is 14.2. The first-order valence-corrected chi connectivity index (χ1v) is 8.80. The van der Waals surface area contributed by atoms with Gasteiger partial charge in [0.1, 0.15) is 18.0 Å². The van der Waals surface area contributed by atoms with Gasteiger partial charge < -0.3 is 15.2 Å². The van der Waals surface area contributed by atoms with Crippen molar-refractivity contribution in [3.8, 4) is 5.75 Å². The number of carbonyl (C=O) groups excluding carboxylic acids is 1. The van der Waals surface area contributed by atoms with Crippen LogP contribution < -0.4 is 10.1 Å². The Kier molecular flexibility index (Phi) is 5.27. The molecule has 1 saturated carbocycles. The number of carbonyl (C=O) groups is 1. The van der Waals surface area contributed by atoms with E-state index in [0.717, 1.165) is 16.5 Å². The molecule has 0 spiro atoms. The number of aromatic nitrogens is 1. The lowest BCUT2D eigenvalue weighted by atomic mass is 10.2. The van der Waals surface area contributed by atoms with Gasteiger partial charge in [-0.1, -0.05) is 18.2 Å². The number of nitrogens with zero attached hydrogens (tertiary/aromatic N) is 1. The Morgan fingerprint density at radius 3 is 2.88 bits per heavy atom. The minimum Gasteiger partial charge on any atom is -0.488 e.